The van der Waals surface area contributed by atoms with Gasteiger partial charge >= 0.3 is 0 Å². The molecule has 0 aliphatic heterocycles. The number of benzene rings is 1. The molecule has 2 rings (SSSR count). The highest BCUT2D eigenvalue weighted by Crippen LogP contribution is 2.30. The molecule has 0 saturated heterocycles. The number of halogens is 1. The van der Waals surface area contributed by atoms with Crippen LogP contribution < -0.4 is 15.0 Å². The lowest BCUT2D eigenvalue weighted by atomic mass is 10.2. The van der Waals surface area contributed by atoms with Crippen LogP contribution in [0.5, 0.6) is 17.4 Å². The van der Waals surface area contributed by atoms with Crippen LogP contribution in [0.1, 0.15) is 5.56 Å². The Hall–Kier alpha value is -1.82. The zero-order chi connectivity index (χ0) is 13.1. The van der Waals surface area contributed by atoms with Gasteiger partial charge in [-0.15, -0.1) is 0 Å². The average Bonchev–Trinajstić information content (AvgIpc) is 2.34. The van der Waals surface area contributed by atoms with Gasteiger partial charge in [0.05, 0.1) is 13.4 Å². The van der Waals surface area contributed by atoms with Crippen molar-refractivity contribution < 1.29 is 9.47 Å². The third-order valence-electron chi connectivity index (χ3n) is 2.34. The number of rotatable bonds is 3. The van der Waals surface area contributed by atoms with Gasteiger partial charge < -0.3 is 14.5 Å². The number of hydrogen-bond acceptors (Lipinski definition) is 4. The smallest absolute Gasteiger partial charge is 0.297 e. The number of aromatic nitrogens is 2. The number of nitrogens with zero attached hydrogens (tertiary/aromatic N) is 1. The Labute approximate surface area is 112 Å². The predicted molar refractivity (Wildman–Crippen MR) is 70.4 cm³/mol. The minimum atomic E-state index is -0.379. The van der Waals surface area contributed by atoms with Gasteiger partial charge in [0, 0.05) is 4.47 Å². The van der Waals surface area contributed by atoms with Crippen molar-refractivity contribution in [1.82, 2.24) is 9.97 Å². The van der Waals surface area contributed by atoms with E-state index in [1.165, 1.54) is 13.4 Å². The maximum atomic E-state index is 11.5. The molecule has 0 radical (unpaired) electrons. The fourth-order valence-corrected chi connectivity index (χ4v) is 1.75. The highest BCUT2D eigenvalue weighted by Gasteiger charge is 2.12. The molecule has 0 aliphatic carbocycles. The first-order chi connectivity index (χ1) is 8.61. The molecule has 0 bridgehead atoms. The quantitative estimate of drug-likeness (QED) is 0.946. The molecule has 18 heavy (non-hydrogen) atoms. The molecule has 2 aromatic rings. The van der Waals surface area contributed by atoms with Crippen LogP contribution in [-0.4, -0.2) is 17.1 Å². The van der Waals surface area contributed by atoms with Crippen molar-refractivity contribution in [3.8, 4) is 17.4 Å². The van der Waals surface area contributed by atoms with Gasteiger partial charge in [0.1, 0.15) is 5.75 Å². The van der Waals surface area contributed by atoms with Gasteiger partial charge in [-0.2, -0.15) is 0 Å². The SMILES string of the molecule is COc1c(Oc2cc(Br)ccc2C)nc[nH]c1=O. The van der Waals surface area contributed by atoms with E-state index in [0.29, 0.717) is 5.75 Å². The Morgan fingerprint density at radius 3 is 2.89 bits per heavy atom. The summed E-state index contributed by atoms with van der Waals surface area (Å²) in [7, 11) is 1.40. The van der Waals surface area contributed by atoms with Crippen molar-refractivity contribution in [2.75, 3.05) is 7.11 Å². The highest BCUT2D eigenvalue weighted by atomic mass is 79.9. The molecule has 0 aliphatic rings. The van der Waals surface area contributed by atoms with Gasteiger partial charge in [-0.25, -0.2) is 4.98 Å². The largest absolute Gasteiger partial charge is 0.487 e. The van der Waals surface area contributed by atoms with Gasteiger partial charge in [-0.1, -0.05) is 22.0 Å². The van der Waals surface area contributed by atoms with Crippen molar-refractivity contribution in [3.05, 3.63) is 44.9 Å². The summed E-state index contributed by atoms with van der Waals surface area (Å²) >= 11 is 3.36. The lowest BCUT2D eigenvalue weighted by Crippen LogP contribution is -2.11. The minimum absolute atomic E-state index is 0.0527. The van der Waals surface area contributed by atoms with E-state index in [9.17, 15) is 4.79 Å². The summed E-state index contributed by atoms with van der Waals surface area (Å²) in [6.07, 6.45) is 1.27. The molecular formula is C12H11BrN2O3. The first-order valence-electron chi connectivity index (χ1n) is 5.17. The standard InChI is InChI=1S/C12H11BrN2O3/c1-7-3-4-8(13)5-9(7)18-12-10(17-2)11(16)14-6-15-12/h3-6H,1-2H3,(H,14,15,16). The number of H-pyrrole nitrogens is 1. The van der Waals surface area contributed by atoms with Crippen LogP contribution in [0.15, 0.2) is 33.8 Å². The first-order valence-corrected chi connectivity index (χ1v) is 5.97. The lowest BCUT2D eigenvalue weighted by molar-refractivity contribution is 0.362. The Kier molecular flexibility index (Phi) is 3.66. The molecule has 0 fully saturated rings. The average molecular weight is 311 g/mol. The van der Waals surface area contributed by atoms with E-state index in [2.05, 4.69) is 25.9 Å². The van der Waals surface area contributed by atoms with Crippen molar-refractivity contribution in [2.24, 2.45) is 0 Å². The van der Waals surface area contributed by atoms with Crippen LogP contribution in [0.4, 0.5) is 0 Å². The molecule has 1 aromatic heterocycles. The van der Waals surface area contributed by atoms with Gasteiger partial charge in [0.25, 0.3) is 11.4 Å². The number of nitrogens with one attached hydrogen (secondary N) is 1. The molecule has 0 spiro atoms. The Bertz CT molecular complexity index is 625. The van der Waals surface area contributed by atoms with E-state index in [-0.39, 0.29) is 17.2 Å². The number of methoxy groups -OCH3 is 1. The second-order valence-electron chi connectivity index (χ2n) is 3.58. The normalized spacial score (nSPS) is 10.2. The van der Waals surface area contributed by atoms with Gasteiger partial charge in [0.2, 0.25) is 5.75 Å². The third kappa shape index (κ3) is 2.53. The Morgan fingerprint density at radius 1 is 1.39 bits per heavy atom. The lowest BCUT2D eigenvalue weighted by Gasteiger charge is -2.10. The number of hydrogen-bond donors (Lipinski definition) is 1. The molecule has 1 aromatic carbocycles. The summed E-state index contributed by atoms with van der Waals surface area (Å²) in [5, 5.41) is 0. The minimum Gasteiger partial charge on any atom is -0.487 e. The van der Waals surface area contributed by atoms with Crippen LogP contribution in [0.2, 0.25) is 0 Å². The fraction of sp³-hybridized carbons (Fsp3) is 0.167. The second kappa shape index (κ2) is 5.22. The van der Waals surface area contributed by atoms with E-state index >= 15 is 0 Å². The summed E-state index contributed by atoms with van der Waals surface area (Å²) in [4.78, 5) is 17.9. The van der Waals surface area contributed by atoms with Crippen molar-refractivity contribution in [1.29, 1.82) is 0 Å². The second-order valence-corrected chi connectivity index (χ2v) is 4.50. The zero-order valence-electron chi connectivity index (χ0n) is 9.86. The molecule has 1 heterocycles. The number of ether oxygens (including phenoxy) is 2. The van der Waals surface area contributed by atoms with E-state index in [4.69, 9.17) is 9.47 Å². The topological polar surface area (TPSA) is 64.2 Å². The monoisotopic (exact) mass is 310 g/mol. The third-order valence-corrected chi connectivity index (χ3v) is 2.83. The van der Waals surface area contributed by atoms with E-state index in [1.807, 2.05) is 19.1 Å². The summed E-state index contributed by atoms with van der Waals surface area (Å²) in [6, 6.07) is 5.61. The summed E-state index contributed by atoms with van der Waals surface area (Å²) in [6.45, 7) is 1.90. The predicted octanol–water partition coefficient (Wildman–Crippen LogP) is 2.64. The number of aryl methyl sites for hydroxylation is 1. The van der Waals surface area contributed by atoms with Crippen molar-refractivity contribution >= 4 is 15.9 Å². The maximum Gasteiger partial charge on any atom is 0.297 e. The summed E-state index contributed by atoms with van der Waals surface area (Å²) in [5.74, 6) is 0.806. The van der Waals surface area contributed by atoms with Crippen LogP contribution in [0.3, 0.4) is 0 Å². The molecular weight excluding hydrogens is 300 g/mol. The molecule has 6 heteroatoms. The van der Waals surface area contributed by atoms with E-state index in [0.717, 1.165) is 10.0 Å². The molecule has 1 N–H and O–H groups in total. The maximum absolute atomic E-state index is 11.5. The van der Waals surface area contributed by atoms with Gasteiger partial charge in [0.15, 0.2) is 0 Å². The first kappa shape index (κ1) is 12.6. The van der Waals surface area contributed by atoms with Gasteiger partial charge in [-0.05, 0) is 24.6 Å². The van der Waals surface area contributed by atoms with Crippen LogP contribution in [0.25, 0.3) is 0 Å². The van der Waals surface area contributed by atoms with Crippen LogP contribution in [-0.2, 0) is 0 Å². The molecule has 94 valence electrons. The summed E-state index contributed by atoms with van der Waals surface area (Å²) < 4.78 is 11.5. The van der Waals surface area contributed by atoms with E-state index < -0.39 is 0 Å². The van der Waals surface area contributed by atoms with Crippen molar-refractivity contribution in [2.45, 2.75) is 6.92 Å². The molecule has 0 saturated carbocycles. The molecule has 5 nitrogen and oxygen atoms in total. The Balaban J connectivity index is 2.43. The Morgan fingerprint density at radius 2 is 2.17 bits per heavy atom. The number of aromatic amines is 1. The highest BCUT2D eigenvalue weighted by molar-refractivity contribution is 9.10. The van der Waals surface area contributed by atoms with Gasteiger partial charge in [-0.3, -0.25) is 4.79 Å². The zero-order valence-corrected chi connectivity index (χ0v) is 11.4. The van der Waals surface area contributed by atoms with E-state index in [1.54, 1.807) is 6.07 Å². The van der Waals surface area contributed by atoms with Crippen LogP contribution >= 0.6 is 15.9 Å². The molecule has 0 unspecified atom stereocenters. The molecule has 0 atom stereocenters. The molecule has 0 amide bonds. The van der Waals surface area contributed by atoms with Crippen LogP contribution in [0, 0.1) is 6.92 Å². The summed E-state index contributed by atoms with van der Waals surface area (Å²) in [5.41, 5.74) is 0.553. The fourth-order valence-electron chi connectivity index (χ4n) is 1.41. The van der Waals surface area contributed by atoms with Crippen molar-refractivity contribution in [3.63, 3.8) is 0 Å².